The topological polar surface area (TPSA) is 73.3 Å². The summed E-state index contributed by atoms with van der Waals surface area (Å²) in [4.78, 5) is 0. The maximum atomic E-state index is 8.89. The molecule has 1 aromatic heterocycles. The van der Waals surface area contributed by atoms with E-state index >= 15 is 0 Å². The van der Waals surface area contributed by atoms with Crippen molar-refractivity contribution in [1.82, 2.24) is 9.78 Å². The van der Waals surface area contributed by atoms with E-state index in [1.165, 1.54) is 0 Å². The molecule has 5 nitrogen and oxygen atoms in total. The highest BCUT2D eigenvalue weighted by Crippen LogP contribution is 2.21. The fourth-order valence-corrected chi connectivity index (χ4v) is 1.89. The number of nitrogens with two attached hydrogens (primary N) is 1. The lowest BCUT2D eigenvalue weighted by molar-refractivity contribution is 0.270. The number of aliphatic hydroxyl groups is 1. The van der Waals surface area contributed by atoms with Crippen molar-refractivity contribution in [3.05, 3.63) is 41.6 Å². The Hall–Kier alpha value is -2.01. The Labute approximate surface area is 106 Å². The molecule has 0 amide bonds. The molecule has 0 atom stereocenters. The zero-order valence-electron chi connectivity index (χ0n) is 10.3. The van der Waals surface area contributed by atoms with Gasteiger partial charge in [0.05, 0.1) is 26.0 Å². The van der Waals surface area contributed by atoms with Crippen molar-refractivity contribution in [2.45, 2.75) is 13.0 Å². The lowest BCUT2D eigenvalue weighted by atomic mass is 10.1. The number of benzene rings is 1. The number of aromatic nitrogens is 2. The van der Waals surface area contributed by atoms with Crippen LogP contribution in [0.5, 0.6) is 5.75 Å². The smallest absolute Gasteiger partial charge is 0.122 e. The van der Waals surface area contributed by atoms with Gasteiger partial charge in [0.25, 0.3) is 0 Å². The second-order valence-electron chi connectivity index (χ2n) is 4.00. The molecule has 0 unspecified atom stereocenters. The number of anilines is 1. The zero-order valence-corrected chi connectivity index (χ0v) is 10.3. The second kappa shape index (κ2) is 5.55. The van der Waals surface area contributed by atoms with Gasteiger partial charge in [0.1, 0.15) is 11.6 Å². The van der Waals surface area contributed by atoms with E-state index in [4.69, 9.17) is 15.6 Å². The molecule has 18 heavy (non-hydrogen) atoms. The zero-order chi connectivity index (χ0) is 13.0. The lowest BCUT2D eigenvalue weighted by Crippen LogP contribution is -2.07. The summed E-state index contributed by atoms with van der Waals surface area (Å²) in [7, 11) is 1.65. The van der Waals surface area contributed by atoms with Crippen LogP contribution in [0, 0.1) is 0 Å². The van der Waals surface area contributed by atoms with Crippen molar-refractivity contribution in [2.75, 3.05) is 19.5 Å². The largest absolute Gasteiger partial charge is 0.496 e. The van der Waals surface area contributed by atoms with Gasteiger partial charge >= 0.3 is 0 Å². The molecule has 2 rings (SSSR count). The van der Waals surface area contributed by atoms with Crippen LogP contribution in [0.25, 0.3) is 0 Å². The molecule has 1 aromatic carbocycles. The van der Waals surface area contributed by atoms with Gasteiger partial charge in [0.2, 0.25) is 0 Å². The van der Waals surface area contributed by atoms with E-state index in [0.29, 0.717) is 18.8 Å². The Kier molecular flexibility index (Phi) is 3.84. The molecule has 0 aliphatic heterocycles. The van der Waals surface area contributed by atoms with E-state index in [2.05, 4.69) is 5.10 Å². The molecular formula is C13H17N3O2. The number of hydrogen-bond acceptors (Lipinski definition) is 4. The summed E-state index contributed by atoms with van der Waals surface area (Å²) in [6.07, 6.45) is 0.659. The number of nitrogen functional groups attached to an aromatic ring is 1. The fourth-order valence-electron chi connectivity index (χ4n) is 1.89. The fraction of sp³-hybridized carbons (Fsp3) is 0.308. The van der Waals surface area contributed by atoms with E-state index in [9.17, 15) is 0 Å². The highest BCUT2D eigenvalue weighted by atomic mass is 16.5. The van der Waals surface area contributed by atoms with Crippen LogP contribution in [0.3, 0.4) is 0 Å². The molecule has 1 heterocycles. The summed E-state index contributed by atoms with van der Waals surface area (Å²) in [6, 6.07) is 9.64. The average Bonchev–Trinajstić information content (AvgIpc) is 2.71. The Morgan fingerprint density at radius 2 is 2.17 bits per heavy atom. The molecule has 3 N–H and O–H groups in total. The number of ether oxygens (including phenoxy) is 1. The minimum absolute atomic E-state index is 0.0278. The maximum absolute atomic E-state index is 8.89. The Morgan fingerprint density at radius 1 is 1.39 bits per heavy atom. The van der Waals surface area contributed by atoms with E-state index in [1.807, 2.05) is 30.3 Å². The van der Waals surface area contributed by atoms with Crippen LogP contribution in [0.15, 0.2) is 30.3 Å². The normalized spacial score (nSPS) is 10.6. The van der Waals surface area contributed by atoms with Crippen molar-refractivity contribution in [3.8, 4) is 5.75 Å². The Bertz CT molecular complexity index is 523. The van der Waals surface area contributed by atoms with Crippen LogP contribution in [0.1, 0.15) is 11.3 Å². The number of hydrogen-bond donors (Lipinski definition) is 2. The summed E-state index contributed by atoms with van der Waals surface area (Å²) in [5.74, 6) is 1.40. The van der Waals surface area contributed by atoms with Crippen LogP contribution in [-0.4, -0.2) is 28.6 Å². The van der Waals surface area contributed by atoms with Crippen molar-refractivity contribution >= 4 is 5.82 Å². The number of nitrogens with zero attached hydrogens (tertiary/aromatic N) is 2. The van der Waals surface area contributed by atoms with Gasteiger partial charge in [-0.1, -0.05) is 18.2 Å². The first kappa shape index (κ1) is 12.4. The predicted octanol–water partition coefficient (Wildman–Crippen LogP) is 1.06. The summed E-state index contributed by atoms with van der Waals surface area (Å²) >= 11 is 0. The highest BCUT2D eigenvalue weighted by Gasteiger charge is 2.08. The molecule has 0 fully saturated rings. The minimum Gasteiger partial charge on any atom is -0.496 e. The Balaban J connectivity index is 2.20. The van der Waals surface area contributed by atoms with Crippen LogP contribution >= 0.6 is 0 Å². The minimum atomic E-state index is 0.0278. The van der Waals surface area contributed by atoms with Crippen molar-refractivity contribution in [3.63, 3.8) is 0 Å². The lowest BCUT2D eigenvalue weighted by Gasteiger charge is -2.06. The van der Waals surface area contributed by atoms with Crippen LogP contribution in [0.4, 0.5) is 5.82 Å². The molecular weight excluding hydrogens is 230 g/mol. The summed E-state index contributed by atoms with van der Waals surface area (Å²) in [5.41, 5.74) is 7.74. The third-order valence-corrected chi connectivity index (χ3v) is 2.74. The highest BCUT2D eigenvalue weighted by molar-refractivity contribution is 5.39. The maximum Gasteiger partial charge on any atom is 0.122 e. The molecule has 0 aliphatic rings. The van der Waals surface area contributed by atoms with Gasteiger partial charge in [-0.2, -0.15) is 5.10 Å². The van der Waals surface area contributed by atoms with E-state index in [-0.39, 0.29) is 6.61 Å². The second-order valence-corrected chi connectivity index (χ2v) is 4.00. The van der Waals surface area contributed by atoms with Crippen LogP contribution < -0.4 is 10.5 Å². The first-order chi connectivity index (χ1) is 8.74. The first-order valence-electron chi connectivity index (χ1n) is 5.79. The quantitative estimate of drug-likeness (QED) is 0.828. The molecule has 0 saturated carbocycles. The SMILES string of the molecule is COc1ccccc1Cc1cc(N)n(CCO)n1. The van der Waals surface area contributed by atoms with Crippen molar-refractivity contribution in [1.29, 1.82) is 0 Å². The molecule has 96 valence electrons. The van der Waals surface area contributed by atoms with E-state index < -0.39 is 0 Å². The molecule has 5 heteroatoms. The van der Waals surface area contributed by atoms with Gasteiger partial charge in [-0.15, -0.1) is 0 Å². The monoisotopic (exact) mass is 247 g/mol. The van der Waals surface area contributed by atoms with Gasteiger partial charge in [0, 0.05) is 18.1 Å². The average molecular weight is 247 g/mol. The molecule has 0 aliphatic carbocycles. The Morgan fingerprint density at radius 3 is 2.89 bits per heavy atom. The number of para-hydroxylation sites is 1. The van der Waals surface area contributed by atoms with E-state index in [1.54, 1.807) is 11.8 Å². The molecule has 0 spiro atoms. The first-order valence-corrected chi connectivity index (χ1v) is 5.79. The third-order valence-electron chi connectivity index (χ3n) is 2.74. The van der Waals surface area contributed by atoms with E-state index in [0.717, 1.165) is 17.0 Å². The van der Waals surface area contributed by atoms with Crippen molar-refractivity contribution < 1.29 is 9.84 Å². The molecule has 0 bridgehead atoms. The van der Waals surface area contributed by atoms with Crippen LogP contribution in [-0.2, 0) is 13.0 Å². The summed E-state index contributed by atoms with van der Waals surface area (Å²) in [5, 5.41) is 13.2. The van der Waals surface area contributed by atoms with Crippen molar-refractivity contribution in [2.24, 2.45) is 0 Å². The molecule has 0 saturated heterocycles. The van der Waals surface area contributed by atoms with Gasteiger partial charge in [0.15, 0.2) is 0 Å². The summed E-state index contributed by atoms with van der Waals surface area (Å²) in [6.45, 7) is 0.442. The predicted molar refractivity (Wildman–Crippen MR) is 69.5 cm³/mol. The summed E-state index contributed by atoms with van der Waals surface area (Å²) < 4.78 is 6.90. The van der Waals surface area contributed by atoms with Gasteiger partial charge in [-0.05, 0) is 6.07 Å². The van der Waals surface area contributed by atoms with Gasteiger partial charge in [-0.3, -0.25) is 0 Å². The number of aliphatic hydroxyl groups excluding tert-OH is 1. The van der Waals surface area contributed by atoms with Gasteiger partial charge in [-0.25, -0.2) is 4.68 Å². The van der Waals surface area contributed by atoms with Gasteiger partial charge < -0.3 is 15.6 Å². The van der Waals surface area contributed by atoms with Crippen LogP contribution in [0.2, 0.25) is 0 Å². The molecule has 0 radical (unpaired) electrons. The number of rotatable bonds is 5. The third kappa shape index (κ3) is 2.62. The number of methoxy groups -OCH3 is 1. The molecule has 2 aromatic rings. The standard InChI is InChI=1S/C13H17N3O2/c1-18-12-5-3-2-4-10(12)8-11-9-13(14)16(15-11)6-7-17/h2-5,9,17H,6-8,14H2,1H3.